The van der Waals surface area contributed by atoms with E-state index in [0.29, 0.717) is 17.9 Å². The number of nitrogens with zero attached hydrogens (tertiary/aromatic N) is 2. The molecule has 0 atom stereocenters. The Bertz CT molecular complexity index is 328. The van der Waals surface area contributed by atoms with Crippen LogP contribution < -0.4 is 4.90 Å². The Morgan fingerprint density at radius 2 is 2.43 bits per heavy atom. The molecule has 1 rings (SSSR count). The third-order valence-corrected chi connectivity index (χ3v) is 1.84. The average molecular weight is 196 g/mol. The molecular weight excluding hydrogens is 183 g/mol. The molecule has 0 aliphatic rings. The number of likely N-dealkylation sites (N-methyl/N-ethyl adjacent to an activating group) is 1. The van der Waals surface area contributed by atoms with E-state index in [9.17, 15) is 4.39 Å². The van der Waals surface area contributed by atoms with Gasteiger partial charge >= 0.3 is 0 Å². The van der Waals surface area contributed by atoms with Gasteiger partial charge in [-0.15, -0.1) is 6.58 Å². The second kappa shape index (κ2) is 4.72. The summed E-state index contributed by atoms with van der Waals surface area (Å²) >= 11 is 0. The maximum Gasteiger partial charge on any atom is 0.142 e. The summed E-state index contributed by atoms with van der Waals surface area (Å²) in [7, 11) is 1.81. The number of halogens is 1. The third-order valence-electron chi connectivity index (χ3n) is 1.84. The molecule has 0 fully saturated rings. The molecule has 0 saturated carbocycles. The van der Waals surface area contributed by atoms with E-state index in [1.807, 2.05) is 0 Å². The van der Waals surface area contributed by atoms with E-state index in [1.54, 1.807) is 18.0 Å². The van der Waals surface area contributed by atoms with E-state index in [0.717, 1.165) is 6.20 Å². The lowest BCUT2D eigenvalue weighted by molar-refractivity contribution is 0.281. The van der Waals surface area contributed by atoms with Crippen molar-refractivity contribution in [1.29, 1.82) is 0 Å². The number of aromatic nitrogens is 1. The van der Waals surface area contributed by atoms with Crippen LogP contribution in [0.2, 0.25) is 0 Å². The Kier molecular flexibility index (Phi) is 3.59. The van der Waals surface area contributed by atoms with Gasteiger partial charge in [-0.25, -0.2) is 9.37 Å². The Balaban J connectivity index is 3.00. The van der Waals surface area contributed by atoms with E-state index in [2.05, 4.69) is 11.6 Å². The average Bonchev–Trinajstić information content (AvgIpc) is 2.17. The third kappa shape index (κ3) is 2.29. The van der Waals surface area contributed by atoms with Crippen molar-refractivity contribution in [1.82, 2.24) is 4.98 Å². The van der Waals surface area contributed by atoms with Crippen LogP contribution in [-0.4, -0.2) is 23.7 Å². The zero-order valence-electron chi connectivity index (χ0n) is 8.07. The van der Waals surface area contributed by atoms with Gasteiger partial charge in [0.1, 0.15) is 11.6 Å². The summed E-state index contributed by atoms with van der Waals surface area (Å²) in [4.78, 5) is 5.70. The zero-order chi connectivity index (χ0) is 10.6. The molecule has 1 aromatic heterocycles. The van der Waals surface area contributed by atoms with Crippen molar-refractivity contribution >= 4 is 5.82 Å². The molecule has 76 valence electrons. The Morgan fingerprint density at radius 1 is 1.71 bits per heavy atom. The van der Waals surface area contributed by atoms with Crippen LogP contribution in [0.25, 0.3) is 0 Å². The molecule has 1 heterocycles. The summed E-state index contributed by atoms with van der Waals surface area (Å²) < 4.78 is 12.8. The van der Waals surface area contributed by atoms with Crippen LogP contribution in [0.1, 0.15) is 5.56 Å². The quantitative estimate of drug-likeness (QED) is 0.738. The number of anilines is 1. The van der Waals surface area contributed by atoms with Crippen molar-refractivity contribution in [2.24, 2.45) is 0 Å². The van der Waals surface area contributed by atoms with E-state index in [4.69, 9.17) is 5.11 Å². The van der Waals surface area contributed by atoms with Crippen molar-refractivity contribution in [2.75, 3.05) is 18.5 Å². The van der Waals surface area contributed by atoms with Crippen molar-refractivity contribution in [3.8, 4) is 0 Å². The molecule has 0 bridgehead atoms. The van der Waals surface area contributed by atoms with E-state index in [-0.39, 0.29) is 6.61 Å². The summed E-state index contributed by atoms with van der Waals surface area (Å²) in [5.74, 6) is 0.138. The van der Waals surface area contributed by atoms with Gasteiger partial charge in [0.2, 0.25) is 0 Å². The number of hydrogen-bond acceptors (Lipinski definition) is 3. The second-order valence-electron chi connectivity index (χ2n) is 2.96. The van der Waals surface area contributed by atoms with Gasteiger partial charge in [0.15, 0.2) is 0 Å². The summed E-state index contributed by atoms with van der Waals surface area (Å²) in [5.41, 5.74) is 0.481. The van der Waals surface area contributed by atoms with Crippen LogP contribution in [0, 0.1) is 5.82 Å². The molecule has 0 unspecified atom stereocenters. The van der Waals surface area contributed by atoms with E-state index < -0.39 is 5.82 Å². The van der Waals surface area contributed by atoms with Crippen LogP contribution in [0.15, 0.2) is 24.9 Å². The molecule has 1 N–H and O–H groups in total. The van der Waals surface area contributed by atoms with Gasteiger partial charge in [-0.1, -0.05) is 6.08 Å². The number of pyridine rings is 1. The largest absolute Gasteiger partial charge is 0.392 e. The first-order valence-corrected chi connectivity index (χ1v) is 4.26. The Labute approximate surface area is 82.5 Å². The van der Waals surface area contributed by atoms with Gasteiger partial charge in [0.25, 0.3) is 0 Å². The minimum absolute atomic E-state index is 0.221. The maximum atomic E-state index is 12.8. The van der Waals surface area contributed by atoms with Gasteiger partial charge in [-0.05, 0) is 6.07 Å². The number of hydrogen-bond donors (Lipinski definition) is 1. The molecule has 1 aromatic rings. The highest BCUT2D eigenvalue weighted by Gasteiger charge is 2.08. The van der Waals surface area contributed by atoms with Crippen molar-refractivity contribution in [3.05, 3.63) is 36.3 Å². The number of rotatable bonds is 4. The molecule has 0 saturated heterocycles. The van der Waals surface area contributed by atoms with Gasteiger partial charge in [-0.2, -0.15) is 0 Å². The molecule has 0 aromatic carbocycles. The molecule has 4 heteroatoms. The zero-order valence-corrected chi connectivity index (χ0v) is 8.07. The first kappa shape index (κ1) is 10.7. The first-order valence-electron chi connectivity index (χ1n) is 4.26. The molecular formula is C10H13FN2O. The monoisotopic (exact) mass is 196 g/mol. The summed E-state index contributed by atoms with van der Waals surface area (Å²) in [6.45, 7) is 3.98. The van der Waals surface area contributed by atoms with Crippen LogP contribution in [0.5, 0.6) is 0 Å². The predicted molar refractivity (Wildman–Crippen MR) is 53.6 cm³/mol. The lowest BCUT2D eigenvalue weighted by atomic mass is 10.2. The summed E-state index contributed by atoms with van der Waals surface area (Å²) in [6.07, 6.45) is 2.85. The highest BCUT2D eigenvalue weighted by atomic mass is 19.1. The first-order chi connectivity index (χ1) is 6.69. The van der Waals surface area contributed by atoms with Crippen LogP contribution >= 0.6 is 0 Å². The fourth-order valence-electron chi connectivity index (χ4n) is 1.21. The highest BCUT2D eigenvalue weighted by Crippen LogP contribution is 2.16. The number of aliphatic hydroxyl groups excluding tert-OH is 1. The molecule has 0 radical (unpaired) electrons. The van der Waals surface area contributed by atoms with E-state index >= 15 is 0 Å². The fraction of sp³-hybridized carbons (Fsp3) is 0.300. The molecule has 0 spiro atoms. The van der Waals surface area contributed by atoms with Gasteiger partial charge in [0, 0.05) is 19.2 Å². The molecule has 0 amide bonds. The Morgan fingerprint density at radius 3 is 3.00 bits per heavy atom. The minimum Gasteiger partial charge on any atom is -0.392 e. The molecule has 0 aliphatic carbocycles. The Hall–Kier alpha value is -1.42. The smallest absolute Gasteiger partial charge is 0.142 e. The lowest BCUT2D eigenvalue weighted by Crippen LogP contribution is -2.19. The topological polar surface area (TPSA) is 36.4 Å². The highest BCUT2D eigenvalue weighted by molar-refractivity contribution is 5.46. The molecule has 0 aliphatic heterocycles. The summed E-state index contributed by atoms with van der Waals surface area (Å²) in [5, 5.41) is 9.00. The predicted octanol–water partition coefficient (Wildman–Crippen LogP) is 1.34. The van der Waals surface area contributed by atoms with Crippen molar-refractivity contribution < 1.29 is 9.50 Å². The maximum absolute atomic E-state index is 12.8. The van der Waals surface area contributed by atoms with Gasteiger partial charge in [-0.3, -0.25) is 0 Å². The van der Waals surface area contributed by atoms with Gasteiger partial charge < -0.3 is 10.0 Å². The van der Waals surface area contributed by atoms with E-state index in [1.165, 1.54) is 6.07 Å². The molecule has 3 nitrogen and oxygen atoms in total. The normalized spacial score (nSPS) is 9.93. The van der Waals surface area contributed by atoms with Crippen LogP contribution in [0.3, 0.4) is 0 Å². The fourth-order valence-corrected chi connectivity index (χ4v) is 1.21. The lowest BCUT2D eigenvalue weighted by Gasteiger charge is -2.18. The minimum atomic E-state index is -0.440. The van der Waals surface area contributed by atoms with Crippen LogP contribution in [0.4, 0.5) is 10.2 Å². The molecule has 14 heavy (non-hydrogen) atoms. The SMILES string of the molecule is C=CCN(C)c1ncc(F)cc1CO. The van der Waals surface area contributed by atoms with Crippen molar-refractivity contribution in [3.63, 3.8) is 0 Å². The van der Waals surface area contributed by atoms with Crippen molar-refractivity contribution in [2.45, 2.75) is 6.61 Å². The standard InChI is InChI=1S/C10H13FN2O/c1-3-4-13(2)10-8(7-14)5-9(11)6-12-10/h3,5-6,14H,1,4,7H2,2H3. The van der Waals surface area contributed by atoms with Gasteiger partial charge in [0.05, 0.1) is 12.8 Å². The van der Waals surface area contributed by atoms with Crippen LogP contribution in [-0.2, 0) is 6.61 Å². The number of aliphatic hydroxyl groups is 1. The second-order valence-corrected chi connectivity index (χ2v) is 2.96. The summed E-state index contributed by atoms with van der Waals surface area (Å²) in [6, 6.07) is 1.28.